The number of carbonyl (C=O) groups excluding carboxylic acids is 1. The molecule has 0 atom stereocenters. The average molecular weight is 486 g/mol. The second-order valence-corrected chi connectivity index (χ2v) is 9.77. The van der Waals surface area contributed by atoms with Crippen LogP contribution >= 0.6 is 46.1 Å². The number of benzene rings is 1. The largest absolute Gasteiger partial charge is 0.380 e. The van der Waals surface area contributed by atoms with E-state index < -0.39 is 0 Å². The Balaban J connectivity index is 1.49. The number of amides is 1. The molecule has 0 unspecified atom stereocenters. The summed E-state index contributed by atoms with van der Waals surface area (Å²) in [6, 6.07) is 8.51. The first-order chi connectivity index (χ1) is 14.5. The van der Waals surface area contributed by atoms with E-state index >= 15 is 0 Å². The number of fused-ring (bicyclic) bond motifs is 1. The summed E-state index contributed by atoms with van der Waals surface area (Å²) in [4.78, 5) is 15.2. The van der Waals surface area contributed by atoms with Gasteiger partial charge >= 0.3 is 0 Å². The number of hydrogen-bond donors (Lipinski definition) is 0. The number of carbonyl (C=O) groups is 1. The Kier molecular flexibility index (Phi) is 6.95. The van der Waals surface area contributed by atoms with Crippen molar-refractivity contribution >= 4 is 62.9 Å². The summed E-state index contributed by atoms with van der Waals surface area (Å²) in [5.41, 5.74) is 2.59. The number of hydrogen-bond acceptors (Lipinski definition) is 3. The lowest BCUT2D eigenvalue weighted by Crippen LogP contribution is -2.37. The van der Waals surface area contributed by atoms with E-state index in [4.69, 9.17) is 39.5 Å². The van der Waals surface area contributed by atoms with Crippen LogP contribution in [0.15, 0.2) is 30.5 Å². The zero-order chi connectivity index (χ0) is 21.3. The van der Waals surface area contributed by atoms with Crippen molar-refractivity contribution < 1.29 is 9.53 Å². The second kappa shape index (κ2) is 9.49. The lowest BCUT2D eigenvalue weighted by Gasteiger charge is -2.31. The molecule has 1 aliphatic heterocycles. The maximum Gasteiger partial charge on any atom is 0.265 e. The molecule has 1 saturated heterocycles. The summed E-state index contributed by atoms with van der Waals surface area (Å²) in [5.74, 6) is 0.328. The molecule has 160 valence electrons. The second-order valence-electron chi connectivity index (χ2n) is 7.39. The number of ether oxygens (including phenoxy) is 1. The zero-order valence-electron chi connectivity index (χ0n) is 16.7. The van der Waals surface area contributed by atoms with Crippen LogP contribution in [0.3, 0.4) is 0 Å². The summed E-state index contributed by atoms with van der Waals surface area (Å²) in [7, 11) is 0. The molecule has 1 fully saturated rings. The zero-order valence-corrected chi connectivity index (χ0v) is 19.8. The molecule has 0 spiro atoms. The molecule has 2 aromatic heterocycles. The Hall–Kier alpha value is -1.24. The Bertz CT molecular complexity index is 1050. The fraction of sp³-hybridized carbons (Fsp3) is 0.409. The first kappa shape index (κ1) is 22.0. The number of nitrogens with zero attached hydrogens (tertiary/aromatic N) is 2. The normalized spacial score (nSPS) is 15.3. The van der Waals surface area contributed by atoms with Crippen LogP contribution in [-0.2, 0) is 11.3 Å². The molecule has 1 amide bonds. The topological polar surface area (TPSA) is 34.5 Å². The number of piperidine rings is 1. The molecule has 4 nitrogen and oxygen atoms in total. The maximum absolute atomic E-state index is 12.9. The number of rotatable bonds is 6. The smallest absolute Gasteiger partial charge is 0.265 e. The predicted molar refractivity (Wildman–Crippen MR) is 126 cm³/mol. The minimum absolute atomic E-state index is 0.0867. The molecule has 8 heteroatoms. The van der Waals surface area contributed by atoms with Crippen LogP contribution in [0.25, 0.3) is 10.9 Å². The summed E-state index contributed by atoms with van der Waals surface area (Å²) in [6.07, 6.45) is 4.09. The summed E-state index contributed by atoms with van der Waals surface area (Å²) < 4.78 is 8.20. The van der Waals surface area contributed by atoms with Crippen LogP contribution in [0.5, 0.6) is 0 Å². The molecule has 30 heavy (non-hydrogen) atoms. The average Bonchev–Trinajstić information content (AvgIpc) is 3.26. The van der Waals surface area contributed by atoms with Crippen LogP contribution in [0, 0.1) is 0 Å². The minimum atomic E-state index is -0.0867. The van der Waals surface area contributed by atoms with E-state index in [2.05, 4.69) is 35.0 Å². The highest BCUT2D eigenvalue weighted by atomic mass is 35.5. The van der Waals surface area contributed by atoms with Crippen molar-refractivity contribution in [2.75, 3.05) is 26.3 Å². The van der Waals surface area contributed by atoms with Gasteiger partial charge in [0.05, 0.1) is 16.7 Å². The first-order valence-corrected chi connectivity index (χ1v) is 12.0. The molecule has 0 N–H and O–H groups in total. The lowest BCUT2D eigenvalue weighted by molar-refractivity contribution is 0.0718. The van der Waals surface area contributed by atoms with Gasteiger partial charge in [-0.3, -0.25) is 4.79 Å². The monoisotopic (exact) mass is 484 g/mol. The highest BCUT2D eigenvalue weighted by molar-refractivity contribution is 7.19. The molecule has 3 heterocycles. The van der Waals surface area contributed by atoms with Gasteiger partial charge < -0.3 is 14.2 Å². The van der Waals surface area contributed by atoms with Crippen LogP contribution in [-0.4, -0.2) is 41.7 Å². The van der Waals surface area contributed by atoms with Crippen molar-refractivity contribution in [2.24, 2.45) is 0 Å². The molecule has 0 saturated carbocycles. The number of likely N-dealkylation sites (tertiary alicyclic amines) is 1. The molecule has 0 radical (unpaired) electrons. The number of halogens is 3. The Labute approximate surface area is 195 Å². The first-order valence-electron chi connectivity index (χ1n) is 10.1. The van der Waals surface area contributed by atoms with Gasteiger partial charge in [0.2, 0.25) is 0 Å². The van der Waals surface area contributed by atoms with Crippen LogP contribution in [0.4, 0.5) is 0 Å². The maximum atomic E-state index is 12.9. The van der Waals surface area contributed by atoms with Crippen LogP contribution in [0.2, 0.25) is 14.4 Å². The van der Waals surface area contributed by atoms with Gasteiger partial charge in [0.15, 0.2) is 0 Å². The molecular formula is C22H23Cl3N2O2S. The van der Waals surface area contributed by atoms with Crippen molar-refractivity contribution in [1.29, 1.82) is 0 Å². The fourth-order valence-corrected chi connectivity index (χ4v) is 5.90. The van der Waals surface area contributed by atoms with E-state index in [1.807, 2.05) is 11.8 Å². The van der Waals surface area contributed by atoms with Crippen LogP contribution < -0.4 is 0 Å². The third-order valence-electron chi connectivity index (χ3n) is 5.67. The summed E-state index contributed by atoms with van der Waals surface area (Å²) in [5, 5.41) is 1.82. The van der Waals surface area contributed by atoms with Crippen molar-refractivity contribution in [3.8, 4) is 0 Å². The van der Waals surface area contributed by atoms with E-state index in [9.17, 15) is 4.79 Å². The number of para-hydroxylation sites is 1. The standard InChI is InChI=1S/C22H23Cl3N2O2S/c1-2-29-12-11-27-13-16(15-5-3-4-6-17(15)27)14-7-9-26(10-8-14)22(28)20-18(23)19(24)21(25)30-20/h3-6,13-14H,2,7-12H2,1H3. The van der Waals surface area contributed by atoms with Gasteiger partial charge in [-0.2, -0.15) is 0 Å². The molecule has 3 aromatic rings. The van der Waals surface area contributed by atoms with Gasteiger partial charge in [-0.1, -0.05) is 53.0 Å². The highest BCUT2D eigenvalue weighted by Crippen LogP contribution is 2.42. The van der Waals surface area contributed by atoms with Crippen molar-refractivity contribution in [2.45, 2.75) is 32.2 Å². The predicted octanol–water partition coefficient (Wildman–Crippen LogP) is 6.72. The summed E-state index contributed by atoms with van der Waals surface area (Å²) in [6.45, 7) is 5.65. The quantitative estimate of drug-likeness (QED) is 0.363. The van der Waals surface area contributed by atoms with E-state index in [1.165, 1.54) is 16.5 Å². The molecule has 0 aliphatic carbocycles. The summed E-state index contributed by atoms with van der Waals surface area (Å²) >= 11 is 19.5. The van der Waals surface area contributed by atoms with Crippen molar-refractivity contribution in [1.82, 2.24) is 9.47 Å². The van der Waals surface area contributed by atoms with E-state index in [1.54, 1.807) is 0 Å². The molecule has 1 aliphatic rings. The van der Waals surface area contributed by atoms with E-state index in [-0.39, 0.29) is 16.0 Å². The minimum Gasteiger partial charge on any atom is -0.380 e. The molecule has 4 rings (SSSR count). The van der Waals surface area contributed by atoms with E-state index in [0.29, 0.717) is 34.8 Å². The molecular weight excluding hydrogens is 463 g/mol. The fourth-order valence-electron chi connectivity index (χ4n) is 4.13. The van der Waals surface area contributed by atoms with Gasteiger partial charge in [0.25, 0.3) is 5.91 Å². The van der Waals surface area contributed by atoms with Gasteiger partial charge in [-0.15, -0.1) is 11.3 Å². The van der Waals surface area contributed by atoms with Crippen molar-refractivity contribution in [3.05, 3.63) is 55.3 Å². The number of aromatic nitrogens is 1. The third-order valence-corrected chi connectivity index (χ3v) is 8.23. The van der Waals surface area contributed by atoms with Gasteiger partial charge in [0, 0.05) is 43.3 Å². The SMILES string of the molecule is CCOCCn1cc(C2CCN(C(=O)c3sc(Cl)c(Cl)c3Cl)CC2)c2ccccc21. The van der Waals surface area contributed by atoms with Gasteiger partial charge in [0.1, 0.15) is 9.21 Å². The van der Waals surface area contributed by atoms with Gasteiger partial charge in [-0.25, -0.2) is 0 Å². The Morgan fingerprint density at radius 3 is 2.57 bits per heavy atom. The van der Waals surface area contributed by atoms with E-state index in [0.717, 1.165) is 37.3 Å². The third kappa shape index (κ3) is 4.23. The number of thiophene rings is 1. The molecule has 1 aromatic carbocycles. The Morgan fingerprint density at radius 2 is 1.90 bits per heavy atom. The highest BCUT2D eigenvalue weighted by Gasteiger charge is 2.29. The van der Waals surface area contributed by atoms with Crippen LogP contribution in [0.1, 0.15) is 40.9 Å². The van der Waals surface area contributed by atoms with Gasteiger partial charge in [-0.05, 0) is 37.3 Å². The Morgan fingerprint density at radius 1 is 1.17 bits per heavy atom. The molecule has 0 bridgehead atoms. The van der Waals surface area contributed by atoms with Crippen molar-refractivity contribution in [3.63, 3.8) is 0 Å². The lowest BCUT2D eigenvalue weighted by atomic mass is 9.89.